The number of allylic oxidation sites excluding steroid dienone is 4. The third-order valence-electron chi connectivity index (χ3n) is 1.32. The van der Waals surface area contributed by atoms with Crippen LogP contribution in [0.1, 0.15) is 19.8 Å². The highest BCUT2D eigenvalue weighted by Gasteiger charge is 1.91. The molecule has 0 aliphatic carbocycles. The maximum atomic E-state index is 4.10. The highest BCUT2D eigenvalue weighted by Crippen LogP contribution is 2.02. The van der Waals surface area contributed by atoms with Gasteiger partial charge in [-0.2, -0.15) is 0 Å². The van der Waals surface area contributed by atoms with Gasteiger partial charge in [0.05, 0.1) is 5.70 Å². The van der Waals surface area contributed by atoms with Crippen molar-refractivity contribution in [1.29, 1.82) is 0 Å². The van der Waals surface area contributed by atoms with Crippen molar-refractivity contribution >= 4 is 0 Å². The van der Waals surface area contributed by atoms with Crippen molar-refractivity contribution in [3.63, 3.8) is 0 Å². The van der Waals surface area contributed by atoms with Crippen LogP contribution in [0.3, 0.4) is 0 Å². The minimum absolute atomic E-state index is 1.06. The molecule has 0 spiro atoms. The number of hydrogen-bond acceptors (Lipinski definition) is 0. The predicted octanol–water partition coefficient (Wildman–Crippen LogP) is 2.36. The maximum Gasteiger partial charge on any atom is 0.0626 e. The lowest BCUT2D eigenvalue weighted by molar-refractivity contribution is 0.954. The SMILES string of the molecule is CCCC=CC1=CC=C[N]1. The first-order chi connectivity index (χ1) is 4.93. The van der Waals surface area contributed by atoms with Crippen LogP contribution in [0.2, 0.25) is 0 Å². The standard InChI is InChI=1S/C9H12N/c1-2-3-4-6-9-7-5-8-10-9/h4-8H,2-3H2,1H3. The van der Waals surface area contributed by atoms with Crippen molar-refractivity contribution in [2.75, 3.05) is 0 Å². The van der Waals surface area contributed by atoms with E-state index in [9.17, 15) is 0 Å². The quantitative estimate of drug-likeness (QED) is 0.562. The van der Waals surface area contributed by atoms with Gasteiger partial charge >= 0.3 is 0 Å². The Labute approximate surface area is 62.1 Å². The summed E-state index contributed by atoms with van der Waals surface area (Å²) >= 11 is 0. The Morgan fingerprint density at radius 3 is 3.10 bits per heavy atom. The lowest BCUT2D eigenvalue weighted by Crippen LogP contribution is -1.85. The molecule has 0 bridgehead atoms. The monoisotopic (exact) mass is 134 g/mol. The van der Waals surface area contributed by atoms with Crippen molar-refractivity contribution < 1.29 is 0 Å². The molecule has 0 aromatic carbocycles. The number of unbranched alkanes of at least 4 members (excludes halogenated alkanes) is 1. The Bertz CT molecular complexity index is 175. The highest BCUT2D eigenvalue weighted by atomic mass is 14.9. The Hall–Kier alpha value is -0.980. The highest BCUT2D eigenvalue weighted by molar-refractivity contribution is 5.28. The molecular formula is C9H12N. The molecule has 53 valence electrons. The topological polar surface area (TPSA) is 14.1 Å². The van der Waals surface area contributed by atoms with Gasteiger partial charge in [0.2, 0.25) is 0 Å². The second-order valence-corrected chi connectivity index (χ2v) is 2.25. The second-order valence-electron chi connectivity index (χ2n) is 2.25. The van der Waals surface area contributed by atoms with Gasteiger partial charge < -0.3 is 0 Å². The minimum atomic E-state index is 1.06. The van der Waals surface area contributed by atoms with Crippen LogP contribution in [0.25, 0.3) is 0 Å². The smallest absolute Gasteiger partial charge is 0.0626 e. The van der Waals surface area contributed by atoms with Gasteiger partial charge in [-0.25, -0.2) is 0 Å². The zero-order chi connectivity index (χ0) is 7.23. The van der Waals surface area contributed by atoms with E-state index < -0.39 is 0 Å². The molecule has 1 aliphatic heterocycles. The van der Waals surface area contributed by atoms with E-state index in [1.807, 2.05) is 18.4 Å². The second kappa shape index (κ2) is 3.94. The van der Waals surface area contributed by atoms with Crippen molar-refractivity contribution in [3.8, 4) is 0 Å². The molecule has 1 radical (unpaired) electrons. The van der Waals surface area contributed by atoms with Crippen LogP contribution in [0.5, 0.6) is 0 Å². The summed E-state index contributed by atoms with van der Waals surface area (Å²) in [6.07, 6.45) is 12.3. The average Bonchev–Trinajstić information content (AvgIpc) is 2.41. The Balaban J connectivity index is 2.25. The average molecular weight is 134 g/mol. The molecule has 1 nitrogen and oxygen atoms in total. The Kier molecular flexibility index (Phi) is 2.81. The summed E-state index contributed by atoms with van der Waals surface area (Å²) in [6.45, 7) is 2.17. The summed E-state index contributed by atoms with van der Waals surface area (Å²) in [5.41, 5.74) is 1.06. The van der Waals surface area contributed by atoms with Crippen LogP contribution in [0.15, 0.2) is 36.2 Å². The van der Waals surface area contributed by atoms with E-state index in [2.05, 4.69) is 24.4 Å². The van der Waals surface area contributed by atoms with Crippen LogP contribution in [-0.2, 0) is 0 Å². The van der Waals surface area contributed by atoms with Gasteiger partial charge in [-0.1, -0.05) is 19.4 Å². The molecule has 0 fully saturated rings. The van der Waals surface area contributed by atoms with E-state index in [-0.39, 0.29) is 0 Å². The van der Waals surface area contributed by atoms with Crippen molar-refractivity contribution in [2.24, 2.45) is 0 Å². The van der Waals surface area contributed by atoms with E-state index >= 15 is 0 Å². The lowest BCUT2D eigenvalue weighted by Gasteiger charge is -1.89. The number of nitrogens with zero attached hydrogens (tertiary/aromatic N) is 1. The van der Waals surface area contributed by atoms with Crippen molar-refractivity contribution in [2.45, 2.75) is 19.8 Å². The van der Waals surface area contributed by atoms with Crippen molar-refractivity contribution in [3.05, 3.63) is 36.2 Å². The molecule has 0 aromatic heterocycles. The van der Waals surface area contributed by atoms with Gasteiger partial charge in [0.15, 0.2) is 0 Å². The first kappa shape index (κ1) is 7.13. The molecule has 0 unspecified atom stereocenters. The number of hydrogen-bond donors (Lipinski definition) is 0. The summed E-state index contributed by atoms with van der Waals surface area (Å²) in [5, 5.41) is 4.10. The molecule has 0 N–H and O–H groups in total. The van der Waals surface area contributed by atoms with Crippen LogP contribution in [-0.4, -0.2) is 0 Å². The van der Waals surface area contributed by atoms with Gasteiger partial charge in [0, 0.05) is 6.20 Å². The molecule has 10 heavy (non-hydrogen) atoms. The van der Waals surface area contributed by atoms with Gasteiger partial charge in [-0.3, -0.25) is 5.32 Å². The van der Waals surface area contributed by atoms with E-state index in [1.165, 1.54) is 6.42 Å². The molecule has 0 saturated heterocycles. The zero-order valence-corrected chi connectivity index (χ0v) is 6.25. The molecule has 0 aromatic rings. The van der Waals surface area contributed by atoms with Crippen LogP contribution in [0, 0.1) is 0 Å². The molecule has 0 saturated carbocycles. The third kappa shape index (κ3) is 2.09. The molecule has 0 amide bonds. The first-order valence-corrected chi connectivity index (χ1v) is 3.67. The predicted molar refractivity (Wildman–Crippen MR) is 43.4 cm³/mol. The molecule has 1 aliphatic rings. The van der Waals surface area contributed by atoms with Crippen LogP contribution >= 0.6 is 0 Å². The molecule has 1 heterocycles. The Morgan fingerprint density at radius 1 is 1.60 bits per heavy atom. The van der Waals surface area contributed by atoms with Gasteiger partial charge in [0.25, 0.3) is 0 Å². The summed E-state index contributed by atoms with van der Waals surface area (Å²) in [7, 11) is 0. The summed E-state index contributed by atoms with van der Waals surface area (Å²) in [6, 6.07) is 0. The van der Waals surface area contributed by atoms with E-state index in [0.717, 1.165) is 12.1 Å². The lowest BCUT2D eigenvalue weighted by atomic mass is 10.3. The first-order valence-electron chi connectivity index (χ1n) is 3.67. The minimum Gasteiger partial charge on any atom is -0.257 e. The normalized spacial score (nSPS) is 15.9. The van der Waals surface area contributed by atoms with Crippen LogP contribution < -0.4 is 5.32 Å². The van der Waals surface area contributed by atoms with Crippen LogP contribution in [0.4, 0.5) is 0 Å². The largest absolute Gasteiger partial charge is 0.257 e. The molecule has 1 heteroatoms. The fourth-order valence-corrected chi connectivity index (χ4v) is 0.783. The third-order valence-corrected chi connectivity index (χ3v) is 1.32. The van der Waals surface area contributed by atoms with E-state index in [4.69, 9.17) is 0 Å². The van der Waals surface area contributed by atoms with E-state index in [1.54, 1.807) is 0 Å². The number of rotatable bonds is 3. The summed E-state index contributed by atoms with van der Waals surface area (Å²) in [4.78, 5) is 0. The van der Waals surface area contributed by atoms with E-state index in [0.29, 0.717) is 0 Å². The van der Waals surface area contributed by atoms with Gasteiger partial charge in [0.1, 0.15) is 0 Å². The van der Waals surface area contributed by atoms with Gasteiger partial charge in [-0.05, 0) is 24.6 Å². The molecule has 1 rings (SSSR count). The zero-order valence-electron chi connectivity index (χ0n) is 6.25. The molecule has 0 atom stereocenters. The summed E-state index contributed by atoms with van der Waals surface area (Å²) in [5.74, 6) is 0. The fraction of sp³-hybridized carbons (Fsp3) is 0.333. The van der Waals surface area contributed by atoms with Crippen molar-refractivity contribution in [1.82, 2.24) is 5.32 Å². The fourth-order valence-electron chi connectivity index (χ4n) is 0.783. The van der Waals surface area contributed by atoms with Gasteiger partial charge in [-0.15, -0.1) is 0 Å². The molecular weight excluding hydrogens is 122 g/mol. The summed E-state index contributed by atoms with van der Waals surface area (Å²) < 4.78 is 0. The Morgan fingerprint density at radius 2 is 2.50 bits per heavy atom. The maximum absolute atomic E-state index is 4.10.